The van der Waals surface area contributed by atoms with E-state index in [1.807, 2.05) is 18.2 Å². The lowest BCUT2D eigenvalue weighted by Crippen LogP contribution is -2.77. The first-order chi connectivity index (χ1) is 16.7. The Morgan fingerprint density at radius 3 is 2.31 bits per heavy atom. The third-order valence-electron chi connectivity index (χ3n) is 5.07. The van der Waals surface area contributed by atoms with Crippen LogP contribution in [-0.4, -0.2) is 19.4 Å². The summed E-state index contributed by atoms with van der Waals surface area (Å²) in [6.07, 6.45) is 1.56. The quantitative estimate of drug-likeness (QED) is 0.261. The average molecular weight is 530 g/mol. The SMILES string of the molecule is NC(NS(=O)(=O)c1ccccc1)=[NH+]Cc1cnc(-c2ccc(Cl)cc2F)c(-c2ccc(Cl)cc2)c1. The molecule has 0 amide bonds. The number of hydrogen-bond acceptors (Lipinski definition) is 3. The molecule has 0 unspecified atom stereocenters. The number of pyridine rings is 1. The van der Waals surface area contributed by atoms with Gasteiger partial charge in [-0.1, -0.05) is 53.5 Å². The van der Waals surface area contributed by atoms with Crippen LogP contribution in [0.1, 0.15) is 5.56 Å². The summed E-state index contributed by atoms with van der Waals surface area (Å²) >= 11 is 12.0. The Kier molecular flexibility index (Phi) is 7.35. The summed E-state index contributed by atoms with van der Waals surface area (Å²) in [4.78, 5) is 7.42. The molecule has 178 valence electrons. The van der Waals surface area contributed by atoms with Gasteiger partial charge in [-0.05, 0) is 54.1 Å². The van der Waals surface area contributed by atoms with Gasteiger partial charge in [-0.3, -0.25) is 15.7 Å². The normalized spacial score (nSPS) is 11.9. The maximum atomic E-state index is 14.7. The molecule has 1 heterocycles. The van der Waals surface area contributed by atoms with Crippen LogP contribution in [0.4, 0.5) is 4.39 Å². The maximum absolute atomic E-state index is 14.7. The van der Waals surface area contributed by atoms with Crippen LogP contribution in [-0.2, 0) is 16.6 Å². The minimum Gasteiger partial charge on any atom is -0.290 e. The molecule has 4 aromatic rings. The first kappa shape index (κ1) is 24.7. The molecule has 4 N–H and O–H groups in total. The summed E-state index contributed by atoms with van der Waals surface area (Å²) in [7, 11) is -3.83. The lowest BCUT2D eigenvalue weighted by molar-refractivity contribution is -0.477. The Morgan fingerprint density at radius 1 is 0.943 bits per heavy atom. The fraction of sp³-hybridized carbons (Fsp3) is 0.0400. The largest absolute Gasteiger partial charge is 0.356 e. The number of sulfonamides is 1. The second-order valence-corrected chi connectivity index (χ2v) is 10.1. The maximum Gasteiger partial charge on any atom is 0.356 e. The summed E-state index contributed by atoms with van der Waals surface area (Å²) in [5.41, 5.74) is 8.72. The molecule has 4 rings (SSSR count). The van der Waals surface area contributed by atoms with Gasteiger partial charge in [-0.15, -0.1) is 0 Å². The lowest BCUT2D eigenvalue weighted by Gasteiger charge is -2.12. The number of benzene rings is 3. The van der Waals surface area contributed by atoms with E-state index < -0.39 is 15.8 Å². The monoisotopic (exact) mass is 529 g/mol. The number of nitrogens with two attached hydrogens (primary N) is 1. The highest BCUT2D eigenvalue weighted by Gasteiger charge is 2.19. The van der Waals surface area contributed by atoms with E-state index in [-0.39, 0.29) is 22.4 Å². The number of halogens is 3. The van der Waals surface area contributed by atoms with E-state index in [9.17, 15) is 12.8 Å². The van der Waals surface area contributed by atoms with Gasteiger partial charge < -0.3 is 0 Å². The van der Waals surface area contributed by atoms with Crippen molar-refractivity contribution in [3.05, 3.63) is 106 Å². The van der Waals surface area contributed by atoms with E-state index in [1.165, 1.54) is 18.2 Å². The smallest absolute Gasteiger partial charge is 0.290 e. The second kappa shape index (κ2) is 10.4. The zero-order valence-corrected chi connectivity index (χ0v) is 20.5. The Labute approximate surface area is 212 Å². The first-order valence-electron chi connectivity index (χ1n) is 10.4. The Morgan fingerprint density at radius 2 is 1.63 bits per heavy atom. The molecule has 10 heteroatoms. The summed E-state index contributed by atoms with van der Waals surface area (Å²) < 4.78 is 41.9. The number of aromatic nitrogens is 1. The van der Waals surface area contributed by atoms with Crippen molar-refractivity contribution in [2.45, 2.75) is 11.4 Å². The molecule has 0 radical (unpaired) electrons. The van der Waals surface area contributed by atoms with Crippen LogP contribution in [0.15, 0.2) is 90.0 Å². The second-order valence-electron chi connectivity index (χ2n) is 7.56. The predicted octanol–water partition coefficient (Wildman–Crippen LogP) is 3.74. The molecule has 0 atom stereocenters. The van der Waals surface area contributed by atoms with E-state index >= 15 is 0 Å². The van der Waals surface area contributed by atoms with Crippen molar-refractivity contribution in [3.63, 3.8) is 0 Å². The first-order valence-corrected chi connectivity index (χ1v) is 12.6. The van der Waals surface area contributed by atoms with Gasteiger partial charge in [0.25, 0.3) is 0 Å². The van der Waals surface area contributed by atoms with Crippen molar-refractivity contribution >= 4 is 39.2 Å². The molecule has 35 heavy (non-hydrogen) atoms. The van der Waals surface area contributed by atoms with Crippen LogP contribution in [0.5, 0.6) is 0 Å². The number of hydrogen-bond donors (Lipinski definition) is 3. The van der Waals surface area contributed by atoms with Crippen molar-refractivity contribution in [2.75, 3.05) is 0 Å². The van der Waals surface area contributed by atoms with Crippen molar-refractivity contribution in [1.29, 1.82) is 0 Å². The van der Waals surface area contributed by atoms with Gasteiger partial charge in [-0.25, -0.2) is 4.39 Å². The molecule has 0 aliphatic rings. The number of rotatable bonds is 6. The highest BCUT2D eigenvalue weighted by molar-refractivity contribution is 7.90. The van der Waals surface area contributed by atoms with Crippen molar-refractivity contribution in [1.82, 2.24) is 9.71 Å². The highest BCUT2D eigenvalue weighted by Crippen LogP contribution is 2.34. The van der Waals surface area contributed by atoms with E-state index in [1.54, 1.807) is 48.7 Å². The van der Waals surface area contributed by atoms with E-state index in [0.717, 1.165) is 5.56 Å². The van der Waals surface area contributed by atoms with Gasteiger partial charge >= 0.3 is 16.0 Å². The third-order valence-corrected chi connectivity index (χ3v) is 6.94. The van der Waals surface area contributed by atoms with Gasteiger partial charge in [0.1, 0.15) is 10.7 Å². The van der Waals surface area contributed by atoms with Gasteiger partial charge in [0.05, 0.1) is 12.2 Å². The van der Waals surface area contributed by atoms with Crippen LogP contribution >= 0.6 is 23.2 Å². The van der Waals surface area contributed by atoms with Crippen molar-refractivity contribution in [2.24, 2.45) is 5.73 Å². The minimum atomic E-state index is -3.83. The number of nitrogens with zero attached hydrogens (tertiary/aromatic N) is 1. The Hall–Kier alpha value is -3.46. The highest BCUT2D eigenvalue weighted by atomic mass is 35.5. The molecule has 0 spiro atoms. The van der Waals surface area contributed by atoms with Gasteiger partial charge in [0, 0.05) is 32.9 Å². The van der Waals surface area contributed by atoms with Crippen molar-refractivity contribution < 1.29 is 17.8 Å². The molecular weight excluding hydrogens is 510 g/mol. The summed E-state index contributed by atoms with van der Waals surface area (Å²) in [5, 5.41) is 0.843. The van der Waals surface area contributed by atoms with Gasteiger partial charge in [0.2, 0.25) is 0 Å². The summed E-state index contributed by atoms with van der Waals surface area (Å²) in [6.45, 7) is 0.167. The van der Waals surface area contributed by atoms with E-state index in [4.69, 9.17) is 28.9 Å². The number of nitrogens with one attached hydrogen (secondary N) is 2. The fourth-order valence-electron chi connectivity index (χ4n) is 3.39. The third kappa shape index (κ3) is 5.97. The molecular formula is C25H20Cl2FN4O2S+. The average Bonchev–Trinajstić information content (AvgIpc) is 2.84. The molecule has 0 aliphatic carbocycles. The summed E-state index contributed by atoms with van der Waals surface area (Å²) in [6, 6.07) is 21.2. The lowest BCUT2D eigenvalue weighted by atomic mass is 9.97. The van der Waals surface area contributed by atoms with Crippen LogP contribution in [0.3, 0.4) is 0 Å². The van der Waals surface area contributed by atoms with E-state index in [0.29, 0.717) is 27.4 Å². The molecule has 0 saturated heterocycles. The Balaban J connectivity index is 1.66. The van der Waals surface area contributed by atoms with Crippen LogP contribution in [0.25, 0.3) is 22.4 Å². The van der Waals surface area contributed by atoms with Crippen LogP contribution in [0, 0.1) is 5.82 Å². The summed E-state index contributed by atoms with van der Waals surface area (Å²) in [5.74, 6) is -0.645. The van der Waals surface area contributed by atoms with Crippen LogP contribution < -0.4 is 15.4 Å². The van der Waals surface area contributed by atoms with Gasteiger partial charge in [0.15, 0.2) is 0 Å². The minimum absolute atomic E-state index is 0.0887. The molecule has 3 aromatic carbocycles. The zero-order valence-electron chi connectivity index (χ0n) is 18.2. The van der Waals surface area contributed by atoms with E-state index in [2.05, 4.69) is 14.7 Å². The molecule has 0 fully saturated rings. The Bertz CT molecular complexity index is 1500. The molecule has 1 aromatic heterocycles. The molecule has 0 bridgehead atoms. The topological polar surface area (TPSA) is 99.0 Å². The molecule has 0 aliphatic heterocycles. The molecule has 0 saturated carbocycles. The predicted molar refractivity (Wildman–Crippen MR) is 136 cm³/mol. The number of guanidine groups is 1. The zero-order chi connectivity index (χ0) is 25.0. The molecule has 6 nitrogen and oxygen atoms in total. The van der Waals surface area contributed by atoms with Crippen LogP contribution in [0.2, 0.25) is 10.0 Å². The fourth-order valence-corrected chi connectivity index (χ4v) is 4.67. The van der Waals surface area contributed by atoms with Gasteiger partial charge in [-0.2, -0.15) is 13.1 Å². The standard InChI is InChI=1S/C25H19Cl2FN4O2S/c26-18-8-6-17(7-9-18)22-12-16(14-30-24(22)21-11-10-19(27)13-23(21)28)15-31-25(29)32-35(33,34)20-4-2-1-3-5-20/h1-14H,15H2,(H3,29,31,32)/p+1. The van der Waals surface area contributed by atoms with Crippen molar-refractivity contribution in [3.8, 4) is 22.4 Å².